The number of benzene rings is 1. The van der Waals surface area contributed by atoms with E-state index in [1.807, 2.05) is 32.9 Å². The summed E-state index contributed by atoms with van der Waals surface area (Å²) in [6.07, 6.45) is 4.63. The highest BCUT2D eigenvalue weighted by Crippen LogP contribution is 2.53. The molecular weight excluding hydrogens is 346 g/mol. The molecule has 1 aliphatic heterocycles. The van der Waals surface area contributed by atoms with Crippen molar-refractivity contribution in [3.05, 3.63) is 34.9 Å². The molecule has 1 heterocycles. The summed E-state index contributed by atoms with van der Waals surface area (Å²) in [5.74, 6) is 0.168. The van der Waals surface area contributed by atoms with Crippen LogP contribution in [-0.2, 0) is 14.9 Å². The molecule has 1 saturated carbocycles. The second-order valence-electron chi connectivity index (χ2n) is 9.70. The van der Waals surface area contributed by atoms with Gasteiger partial charge in [0.25, 0.3) is 0 Å². The molecule has 0 spiro atoms. The molecule has 1 saturated heterocycles. The molecular formula is C22H32ClNO2. The second kappa shape index (κ2) is 6.83. The third-order valence-corrected chi connectivity index (χ3v) is 6.29. The van der Waals surface area contributed by atoms with E-state index in [1.54, 1.807) is 0 Å². The Morgan fingerprint density at radius 3 is 2.38 bits per heavy atom. The van der Waals surface area contributed by atoms with Gasteiger partial charge in [-0.05, 0) is 95.9 Å². The third kappa shape index (κ3) is 4.26. The van der Waals surface area contributed by atoms with Crippen molar-refractivity contribution in [3.63, 3.8) is 0 Å². The van der Waals surface area contributed by atoms with Crippen molar-refractivity contribution in [1.29, 1.82) is 0 Å². The smallest absolute Gasteiger partial charge is 0.311 e. The van der Waals surface area contributed by atoms with E-state index in [0.29, 0.717) is 5.92 Å². The van der Waals surface area contributed by atoms with Crippen LogP contribution >= 0.6 is 11.6 Å². The van der Waals surface area contributed by atoms with Crippen molar-refractivity contribution < 1.29 is 9.53 Å². The van der Waals surface area contributed by atoms with Gasteiger partial charge in [0, 0.05) is 10.6 Å². The standard InChI is InChI=1S/C22H32ClNO2/c1-20(2,3)26-19(25)18-15(14-24-21(18,4)5)10-11-22(12-13-22)16-6-8-17(23)9-7-16/h6-9,15,18,24H,10-14H2,1-5H3/t15?,18-/m1/s1. The van der Waals surface area contributed by atoms with E-state index < -0.39 is 5.60 Å². The van der Waals surface area contributed by atoms with E-state index in [9.17, 15) is 4.79 Å². The van der Waals surface area contributed by atoms with Crippen molar-refractivity contribution in [2.75, 3.05) is 6.54 Å². The van der Waals surface area contributed by atoms with Crippen molar-refractivity contribution >= 4 is 17.6 Å². The lowest BCUT2D eigenvalue weighted by atomic mass is 9.78. The monoisotopic (exact) mass is 377 g/mol. The molecule has 1 aromatic rings. The van der Waals surface area contributed by atoms with Crippen molar-refractivity contribution in [2.24, 2.45) is 11.8 Å². The molecule has 3 rings (SSSR count). The molecule has 26 heavy (non-hydrogen) atoms. The van der Waals surface area contributed by atoms with Gasteiger partial charge < -0.3 is 10.1 Å². The van der Waals surface area contributed by atoms with Crippen LogP contribution in [0, 0.1) is 11.8 Å². The third-order valence-electron chi connectivity index (χ3n) is 6.03. The molecule has 1 aliphatic carbocycles. The Balaban J connectivity index is 1.68. The van der Waals surface area contributed by atoms with Gasteiger partial charge in [0.2, 0.25) is 0 Å². The number of ether oxygens (including phenoxy) is 1. The maximum atomic E-state index is 12.9. The number of halogens is 1. The Morgan fingerprint density at radius 2 is 1.85 bits per heavy atom. The van der Waals surface area contributed by atoms with Gasteiger partial charge in [-0.1, -0.05) is 23.7 Å². The first kappa shape index (κ1) is 19.7. The molecule has 4 heteroatoms. The Bertz CT molecular complexity index is 656. The fourth-order valence-electron chi connectivity index (χ4n) is 4.43. The molecule has 2 aliphatic rings. The number of hydrogen-bond donors (Lipinski definition) is 1. The second-order valence-corrected chi connectivity index (χ2v) is 10.1. The summed E-state index contributed by atoms with van der Waals surface area (Å²) in [6, 6.07) is 8.30. The van der Waals surface area contributed by atoms with Crippen LogP contribution in [0.1, 0.15) is 65.9 Å². The lowest BCUT2D eigenvalue weighted by Gasteiger charge is -2.32. The van der Waals surface area contributed by atoms with E-state index in [2.05, 4.69) is 31.3 Å². The lowest BCUT2D eigenvalue weighted by molar-refractivity contribution is -0.163. The molecule has 0 bridgehead atoms. The molecule has 0 aromatic heterocycles. The lowest BCUT2D eigenvalue weighted by Crippen LogP contribution is -2.44. The van der Waals surface area contributed by atoms with Gasteiger partial charge in [-0.3, -0.25) is 4.79 Å². The highest BCUT2D eigenvalue weighted by atomic mass is 35.5. The van der Waals surface area contributed by atoms with Crippen molar-refractivity contribution in [3.8, 4) is 0 Å². The van der Waals surface area contributed by atoms with Crippen LogP contribution in [0.4, 0.5) is 0 Å². The van der Waals surface area contributed by atoms with Crippen LogP contribution in [0.2, 0.25) is 5.02 Å². The van der Waals surface area contributed by atoms with Crippen LogP contribution in [0.15, 0.2) is 24.3 Å². The van der Waals surface area contributed by atoms with Crippen molar-refractivity contribution in [1.82, 2.24) is 5.32 Å². The largest absolute Gasteiger partial charge is 0.460 e. The van der Waals surface area contributed by atoms with E-state index in [-0.39, 0.29) is 22.8 Å². The molecule has 2 fully saturated rings. The zero-order chi connectivity index (χ0) is 19.2. The Hall–Kier alpha value is -1.06. The summed E-state index contributed by atoms with van der Waals surface area (Å²) in [6.45, 7) is 10.9. The number of hydrogen-bond acceptors (Lipinski definition) is 3. The highest BCUT2D eigenvalue weighted by molar-refractivity contribution is 6.30. The molecule has 1 unspecified atom stereocenters. The Labute approximate surface area is 162 Å². The van der Waals surface area contributed by atoms with E-state index in [0.717, 1.165) is 24.4 Å². The average molecular weight is 378 g/mol. The van der Waals surface area contributed by atoms with Crippen LogP contribution in [0.5, 0.6) is 0 Å². The summed E-state index contributed by atoms with van der Waals surface area (Å²) >= 11 is 6.04. The summed E-state index contributed by atoms with van der Waals surface area (Å²) < 4.78 is 5.74. The maximum absolute atomic E-state index is 12.9. The normalized spacial score (nSPS) is 26.5. The number of esters is 1. The predicted octanol–water partition coefficient (Wildman–Crippen LogP) is 5.11. The van der Waals surface area contributed by atoms with Crippen LogP contribution in [-0.4, -0.2) is 23.7 Å². The zero-order valence-electron chi connectivity index (χ0n) is 16.7. The van der Waals surface area contributed by atoms with Gasteiger partial charge in [0.05, 0.1) is 5.92 Å². The van der Waals surface area contributed by atoms with Gasteiger partial charge in [-0.15, -0.1) is 0 Å². The van der Waals surface area contributed by atoms with Crippen LogP contribution in [0.3, 0.4) is 0 Å². The summed E-state index contributed by atoms with van der Waals surface area (Å²) in [5, 5.41) is 4.34. The van der Waals surface area contributed by atoms with E-state index >= 15 is 0 Å². The Kier molecular flexibility index (Phi) is 5.18. The molecule has 0 amide bonds. The number of carbonyl (C=O) groups excluding carboxylic acids is 1. The summed E-state index contributed by atoms with van der Waals surface area (Å²) in [7, 11) is 0. The molecule has 144 valence electrons. The minimum Gasteiger partial charge on any atom is -0.460 e. The zero-order valence-corrected chi connectivity index (χ0v) is 17.5. The van der Waals surface area contributed by atoms with Gasteiger partial charge in [0.1, 0.15) is 5.60 Å². The van der Waals surface area contributed by atoms with E-state index in [1.165, 1.54) is 18.4 Å². The quantitative estimate of drug-likeness (QED) is 0.725. The van der Waals surface area contributed by atoms with Crippen molar-refractivity contribution in [2.45, 2.75) is 76.9 Å². The molecule has 3 nitrogen and oxygen atoms in total. The average Bonchev–Trinajstić information content (AvgIpc) is 3.23. The van der Waals surface area contributed by atoms with Gasteiger partial charge >= 0.3 is 5.97 Å². The molecule has 2 atom stereocenters. The minimum absolute atomic E-state index is 0.0613. The molecule has 1 N–H and O–H groups in total. The first-order chi connectivity index (χ1) is 12.0. The van der Waals surface area contributed by atoms with Crippen LogP contribution in [0.25, 0.3) is 0 Å². The summed E-state index contributed by atoms with van der Waals surface area (Å²) in [5.41, 5.74) is 1.02. The fourth-order valence-corrected chi connectivity index (χ4v) is 4.56. The maximum Gasteiger partial charge on any atom is 0.311 e. The number of carbonyl (C=O) groups is 1. The predicted molar refractivity (Wildman–Crippen MR) is 107 cm³/mol. The first-order valence-corrected chi connectivity index (χ1v) is 10.1. The highest BCUT2D eigenvalue weighted by Gasteiger charge is 2.50. The van der Waals surface area contributed by atoms with E-state index in [4.69, 9.17) is 16.3 Å². The van der Waals surface area contributed by atoms with Crippen LogP contribution < -0.4 is 5.32 Å². The Morgan fingerprint density at radius 1 is 1.23 bits per heavy atom. The topological polar surface area (TPSA) is 38.3 Å². The fraction of sp³-hybridized carbons (Fsp3) is 0.682. The SMILES string of the molecule is CC(C)(C)OC(=O)[C@H]1C(CCC2(c3ccc(Cl)cc3)CC2)CNC1(C)C. The minimum atomic E-state index is -0.443. The van der Waals surface area contributed by atoms with Gasteiger partial charge in [-0.25, -0.2) is 0 Å². The van der Waals surface area contributed by atoms with Gasteiger partial charge in [0.15, 0.2) is 0 Å². The first-order valence-electron chi connectivity index (χ1n) is 9.76. The number of nitrogens with one attached hydrogen (secondary N) is 1. The molecule has 0 radical (unpaired) electrons. The summed E-state index contributed by atoms with van der Waals surface area (Å²) in [4.78, 5) is 12.9. The van der Waals surface area contributed by atoms with Gasteiger partial charge in [-0.2, -0.15) is 0 Å². The number of rotatable bonds is 5. The molecule has 1 aromatic carbocycles.